The van der Waals surface area contributed by atoms with Crippen molar-refractivity contribution in [3.8, 4) is 0 Å². The third-order valence-corrected chi connectivity index (χ3v) is 2.39. The van der Waals surface area contributed by atoms with Crippen molar-refractivity contribution in [2.75, 3.05) is 19.6 Å². The van der Waals surface area contributed by atoms with E-state index in [4.69, 9.17) is 5.11 Å². The van der Waals surface area contributed by atoms with Crippen molar-refractivity contribution >= 4 is 5.97 Å². The summed E-state index contributed by atoms with van der Waals surface area (Å²) in [5.41, 5.74) is 0. The lowest BCUT2D eigenvalue weighted by molar-refractivity contribution is -0.143. The molecule has 1 rings (SSSR count). The van der Waals surface area contributed by atoms with Gasteiger partial charge in [0.15, 0.2) is 0 Å². The van der Waals surface area contributed by atoms with Gasteiger partial charge in [-0.25, -0.2) is 0 Å². The van der Waals surface area contributed by atoms with E-state index in [9.17, 15) is 4.79 Å². The molecular weight excluding hydrogens is 154 g/mol. The number of aliphatic carboxylic acids is 1. The largest absolute Gasteiger partial charge is 0.481 e. The number of piperidine rings is 1. The molecule has 1 unspecified atom stereocenters. The molecule has 12 heavy (non-hydrogen) atoms. The second kappa shape index (κ2) is 4.45. The van der Waals surface area contributed by atoms with Gasteiger partial charge < -0.3 is 10.0 Å². The van der Waals surface area contributed by atoms with Crippen LogP contribution >= 0.6 is 0 Å². The summed E-state index contributed by atoms with van der Waals surface area (Å²) < 4.78 is 0. The average Bonchev–Trinajstić information content (AvgIpc) is 2.05. The Labute approximate surface area is 73.4 Å². The topological polar surface area (TPSA) is 40.5 Å². The third kappa shape index (κ3) is 2.48. The summed E-state index contributed by atoms with van der Waals surface area (Å²) in [6.07, 6.45) is 3.01. The standard InChI is InChI=1S/C9H17NO2/c1-2-5-10-6-3-4-8(7-10)9(11)12/h8H,2-7H2,1H3,(H,11,12). The lowest BCUT2D eigenvalue weighted by Gasteiger charge is -2.30. The zero-order chi connectivity index (χ0) is 8.97. The van der Waals surface area contributed by atoms with E-state index in [1.54, 1.807) is 0 Å². The summed E-state index contributed by atoms with van der Waals surface area (Å²) in [6.45, 7) is 5.01. The van der Waals surface area contributed by atoms with E-state index < -0.39 is 5.97 Å². The van der Waals surface area contributed by atoms with Crippen molar-refractivity contribution in [3.05, 3.63) is 0 Å². The molecule has 0 saturated carbocycles. The number of rotatable bonds is 3. The number of carboxylic acids is 1. The van der Waals surface area contributed by atoms with E-state index in [0.717, 1.165) is 38.9 Å². The van der Waals surface area contributed by atoms with Crippen molar-refractivity contribution < 1.29 is 9.90 Å². The molecule has 1 heterocycles. The Bertz CT molecular complexity index is 157. The molecule has 0 amide bonds. The number of hydrogen-bond donors (Lipinski definition) is 1. The van der Waals surface area contributed by atoms with Crippen LogP contribution in [0, 0.1) is 5.92 Å². The van der Waals surface area contributed by atoms with Crippen molar-refractivity contribution in [3.63, 3.8) is 0 Å². The average molecular weight is 171 g/mol. The van der Waals surface area contributed by atoms with Crippen LogP contribution in [0.1, 0.15) is 26.2 Å². The van der Waals surface area contributed by atoms with Crippen molar-refractivity contribution in [1.29, 1.82) is 0 Å². The highest BCUT2D eigenvalue weighted by Crippen LogP contribution is 2.16. The fourth-order valence-corrected chi connectivity index (χ4v) is 1.78. The summed E-state index contributed by atoms with van der Waals surface area (Å²) in [5, 5.41) is 8.80. The predicted octanol–water partition coefficient (Wildman–Crippen LogP) is 1.19. The van der Waals surface area contributed by atoms with E-state index in [0.29, 0.717) is 0 Å². The van der Waals surface area contributed by atoms with Gasteiger partial charge in [0.2, 0.25) is 0 Å². The van der Waals surface area contributed by atoms with E-state index >= 15 is 0 Å². The van der Waals surface area contributed by atoms with Crippen LogP contribution in [0.4, 0.5) is 0 Å². The molecular formula is C9H17NO2. The summed E-state index contributed by atoms with van der Waals surface area (Å²) in [7, 11) is 0. The summed E-state index contributed by atoms with van der Waals surface area (Å²) >= 11 is 0. The summed E-state index contributed by atoms with van der Waals surface area (Å²) in [5.74, 6) is -0.749. The SMILES string of the molecule is CCCN1CCCC(C(=O)O)C1. The second-order valence-corrected chi connectivity index (χ2v) is 3.48. The minimum absolute atomic E-state index is 0.120. The zero-order valence-electron chi connectivity index (χ0n) is 7.62. The van der Waals surface area contributed by atoms with Crippen molar-refractivity contribution in [2.24, 2.45) is 5.92 Å². The molecule has 3 heteroatoms. The summed E-state index contributed by atoms with van der Waals surface area (Å²) in [6, 6.07) is 0. The lowest BCUT2D eigenvalue weighted by Crippen LogP contribution is -2.38. The first-order chi connectivity index (χ1) is 5.74. The van der Waals surface area contributed by atoms with Crippen LogP contribution in [0.2, 0.25) is 0 Å². The number of carboxylic acid groups (broad SMARTS) is 1. The van der Waals surface area contributed by atoms with Crippen LogP contribution in [0.25, 0.3) is 0 Å². The molecule has 1 atom stereocenters. The number of carbonyl (C=O) groups is 1. The van der Waals surface area contributed by atoms with Crippen LogP contribution in [-0.4, -0.2) is 35.6 Å². The predicted molar refractivity (Wildman–Crippen MR) is 47.1 cm³/mol. The zero-order valence-corrected chi connectivity index (χ0v) is 7.62. The van der Waals surface area contributed by atoms with E-state index in [1.165, 1.54) is 0 Å². The van der Waals surface area contributed by atoms with E-state index in [2.05, 4.69) is 11.8 Å². The van der Waals surface area contributed by atoms with Gasteiger partial charge in [0.1, 0.15) is 0 Å². The first-order valence-corrected chi connectivity index (χ1v) is 4.69. The fraction of sp³-hybridized carbons (Fsp3) is 0.889. The number of likely N-dealkylation sites (tertiary alicyclic amines) is 1. The highest BCUT2D eigenvalue weighted by Gasteiger charge is 2.24. The molecule has 0 aliphatic carbocycles. The molecule has 1 aliphatic heterocycles. The molecule has 1 fully saturated rings. The molecule has 1 N–H and O–H groups in total. The minimum atomic E-state index is -0.629. The minimum Gasteiger partial charge on any atom is -0.481 e. The Morgan fingerprint density at radius 3 is 3.00 bits per heavy atom. The molecule has 1 saturated heterocycles. The van der Waals surface area contributed by atoms with Crippen LogP contribution in [0.3, 0.4) is 0 Å². The van der Waals surface area contributed by atoms with Gasteiger partial charge in [0, 0.05) is 6.54 Å². The van der Waals surface area contributed by atoms with Crippen LogP contribution in [0.15, 0.2) is 0 Å². The Balaban J connectivity index is 2.35. The Morgan fingerprint density at radius 2 is 2.42 bits per heavy atom. The molecule has 70 valence electrons. The molecule has 1 aliphatic rings. The first-order valence-electron chi connectivity index (χ1n) is 4.69. The van der Waals surface area contributed by atoms with Gasteiger partial charge in [0.05, 0.1) is 5.92 Å². The molecule has 0 radical (unpaired) electrons. The van der Waals surface area contributed by atoms with Crippen LogP contribution < -0.4 is 0 Å². The van der Waals surface area contributed by atoms with Gasteiger partial charge in [-0.2, -0.15) is 0 Å². The summed E-state index contributed by atoms with van der Waals surface area (Å²) in [4.78, 5) is 12.9. The second-order valence-electron chi connectivity index (χ2n) is 3.48. The van der Waals surface area contributed by atoms with E-state index in [-0.39, 0.29) is 5.92 Å². The van der Waals surface area contributed by atoms with E-state index in [1.807, 2.05) is 0 Å². The normalized spacial score (nSPS) is 25.6. The quantitative estimate of drug-likeness (QED) is 0.693. The maximum absolute atomic E-state index is 10.7. The highest BCUT2D eigenvalue weighted by atomic mass is 16.4. The third-order valence-electron chi connectivity index (χ3n) is 2.39. The highest BCUT2D eigenvalue weighted by molar-refractivity contribution is 5.70. The molecule has 3 nitrogen and oxygen atoms in total. The number of nitrogens with zero attached hydrogens (tertiary/aromatic N) is 1. The Morgan fingerprint density at radius 1 is 1.67 bits per heavy atom. The smallest absolute Gasteiger partial charge is 0.307 e. The van der Waals surface area contributed by atoms with Crippen LogP contribution in [-0.2, 0) is 4.79 Å². The Kier molecular flexibility index (Phi) is 3.53. The Hall–Kier alpha value is -0.570. The first kappa shape index (κ1) is 9.52. The lowest BCUT2D eigenvalue weighted by atomic mass is 9.98. The van der Waals surface area contributed by atoms with Crippen molar-refractivity contribution in [1.82, 2.24) is 4.90 Å². The maximum Gasteiger partial charge on any atom is 0.307 e. The van der Waals surface area contributed by atoms with Gasteiger partial charge in [-0.3, -0.25) is 4.79 Å². The number of hydrogen-bond acceptors (Lipinski definition) is 2. The molecule has 0 aromatic carbocycles. The fourth-order valence-electron chi connectivity index (χ4n) is 1.78. The van der Waals surface area contributed by atoms with Crippen LogP contribution in [0.5, 0.6) is 0 Å². The maximum atomic E-state index is 10.7. The molecule has 0 aromatic rings. The van der Waals surface area contributed by atoms with Gasteiger partial charge in [-0.05, 0) is 32.4 Å². The molecule has 0 bridgehead atoms. The van der Waals surface area contributed by atoms with Gasteiger partial charge >= 0.3 is 5.97 Å². The van der Waals surface area contributed by atoms with Gasteiger partial charge in [-0.1, -0.05) is 6.92 Å². The molecule has 0 spiro atoms. The van der Waals surface area contributed by atoms with Crippen molar-refractivity contribution in [2.45, 2.75) is 26.2 Å². The monoisotopic (exact) mass is 171 g/mol. The molecule has 0 aromatic heterocycles. The van der Waals surface area contributed by atoms with Gasteiger partial charge in [-0.15, -0.1) is 0 Å². The van der Waals surface area contributed by atoms with Gasteiger partial charge in [0.25, 0.3) is 0 Å².